The van der Waals surface area contributed by atoms with Crippen LogP contribution >= 0.6 is 11.6 Å². The molecule has 0 bridgehead atoms. The highest BCUT2D eigenvalue weighted by Gasteiger charge is 2.21. The Bertz CT molecular complexity index is 901. The minimum Gasteiger partial charge on any atom is -0.369 e. The number of carbonyl (C=O) groups excluding carboxylic acids is 1. The number of amides is 1. The number of hydrogen-bond donors (Lipinski definition) is 1. The summed E-state index contributed by atoms with van der Waals surface area (Å²) in [5.74, 6) is 0.371. The summed E-state index contributed by atoms with van der Waals surface area (Å²) < 4.78 is 1.11. The van der Waals surface area contributed by atoms with Crippen LogP contribution in [0.2, 0.25) is 5.02 Å². The molecule has 0 atom stereocenters. The van der Waals surface area contributed by atoms with Crippen molar-refractivity contribution in [3.05, 3.63) is 50.9 Å². The Morgan fingerprint density at radius 1 is 1.30 bits per heavy atom. The van der Waals surface area contributed by atoms with Crippen LogP contribution < -0.4 is 15.8 Å². The van der Waals surface area contributed by atoms with Crippen molar-refractivity contribution >= 4 is 28.9 Å². The van der Waals surface area contributed by atoms with Crippen molar-refractivity contribution in [1.29, 1.82) is 0 Å². The van der Waals surface area contributed by atoms with Crippen LogP contribution in [0.3, 0.4) is 0 Å². The van der Waals surface area contributed by atoms with E-state index < -0.39 is 5.56 Å². The van der Waals surface area contributed by atoms with Gasteiger partial charge in [0.05, 0.1) is 11.9 Å². The number of rotatable bonds is 4. The Labute approximate surface area is 164 Å². The highest BCUT2D eigenvalue weighted by Crippen LogP contribution is 2.26. The smallest absolute Gasteiger partial charge is 0.288 e. The predicted molar refractivity (Wildman–Crippen MR) is 109 cm³/mol. The van der Waals surface area contributed by atoms with E-state index in [-0.39, 0.29) is 17.5 Å². The van der Waals surface area contributed by atoms with E-state index in [1.54, 1.807) is 6.20 Å². The highest BCUT2D eigenvalue weighted by atomic mass is 35.5. The van der Waals surface area contributed by atoms with Crippen molar-refractivity contribution in [3.8, 4) is 0 Å². The molecule has 1 amide bonds. The van der Waals surface area contributed by atoms with E-state index in [2.05, 4.69) is 22.2 Å². The fraction of sp³-hybridized carbons (Fsp3) is 0.450. The minimum atomic E-state index is -0.441. The van der Waals surface area contributed by atoms with Gasteiger partial charge in [0.2, 0.25) is 5.91 Å². The van der Waals surface area contributed by atoms with Crippen molar-refractivity contribution in [3.63, 3.8) is 0 Å². The lowest BCUT2D eigenvalue weighted by Gasteiger charge is -2.32. The number of anilines is 2. The number of carbonyl (C=O) groups is 1. The Morgan fingerprint density at radius 2 is 2.00 bits per heavy atom. The van der Waals surface area contributed by atoms with Crippen LogP contribution in [0.5, 0.6) is 0 Å². The zero-order valence-corrected chi connectivity index (χ0v) is 16.7. The first-order valence-corrected chi connectivity index (χ1v) is 9.60. The largest absolute Gasteiger partial charge is 0.369 e. The number of piperidine rings is 1. The third-order valence-electron chi connectivity index (χ3n) is 5.05. The third kappa shape index (κ3) is 4.50. The van der Waals surface area contributed by atoms with Gasteiger partial charge in [0.15, 0.2) is 0 Å². The summed E-state index contributed by atoms with van der Waals surface area (Å²) in [6, 6.07) is 5.83. The molecule has 7 heteroatoms. The maximum Gasteiger partial charge on any atom is 0.288 e. The molecule has 2 aromatic rings. The normalized spacial score (nSPS) is 15.0. The van der Waals surface area contributed by atoms with Gasteiger partial charge in [-0.15, -0.1) is 0 Å². The summed E-state index contributed by atoms with van der Waals surface area (Å²) in [5, 5.41) is 7.13. The predicted octanol–water partition coefficient (Wildman–Crippen LogP) is 3.39. The zero-order chi connectivity index (χ0) is 19.6. The minimum absolute atomic E-state index is 0.124. The first kappa shape index (κ1) is 19.4. The van der Waals surface area contributed by atoms with Crippen molar-refractivity contribution in [2.75, 3.05) is 23.3 Å². The van der Waals surface area contributed by atoms with Crippen molar-refractivity contribution in [2.45, 2.75) is 40.2 Å². The number of aromatic nitrogens is 2. The van der Waals surface area contributed by atoms with Gasteiger partial charge in [-0.3, -0.25) is 9.59 Å². The van der Waals surface area contributed by atoms with Crippen LogP contribution in [0.4, 0.5) is 11.4 Å². The Kier molecular flexibility index (Phi) is 5.85. The van der Waals surface area contributed by atoms with Gasteiger partial charge >= 0.3 is 0 Å². The second kappa shape index (κ2) is 8.13. The number of halogens is 1. The molecular weight excluding hydrogens is 364 g/mol. The summed E-state index contributed by atoms with van der Waals surface area (Å²) in [6.07, 6.45) is 3.72. The molecule has 1 saturated heterocycles. The SMILES string of the molecule is Cc1ccc(C)c(NC(=O)Cn2ncc(N3CCC(C)CC3)c(Cl)c2=O)c1. The fourth-order valence-corrected chi connectivity index (χ4v) is 3.50. The average molecular weight is 389 g/mol. The maximum absolute atomic E-state index is 12.6. The number of benzene rings is 1. The number of aryl methyl sites for hydroxylation is 2. The van der Waals surface area contributed by atoms with Gasteiger partial charge < -0.3 is 10.2 Å². The van der Waals surface area contributed by atoms with Gasteiger partial charge in [0, 0.05) is 18.8 Å². The number of nitrogens with zero attached hydrogens (tertiary/aromatic N) is 3. The van der Waals surface area contributed by atoms with Gasteiger partial charge in [-0.2, -0.15) is 5.10 Å². The van der Waals surface area contributed by atoms with Crippen molar-refractivity contribution in [1.82, 2.24) is 9.78 Å². The molecule has 6 nitrogen and oxygen atoms in total. The quantitative estimate of drug-likeness (QED) is 0.871. The van der Waals surface area contributed by atoms with Gasteiger partial charge in [-0.25, -0.2) is 4.68 Å². The number of hydrogen-bond acceptors (Lipinski definition) is 4. The van der Waals surface area contributed by atoms with Crippen LogP contribution in [0.15, 0.2) is 29.2 Å². The maximum atomic E-state index is 12.6. The molecule has 1 N–H and O–H groups in total. The van der Waals surface area contributed by atoms with E-state index in [1.807, 2.05) is 32.0 Å². The molecule has 0 radical (unpaired) electrons. The molecular formula is C20H25ClN4O2. The molecule has 144 valence electrons. The van der Waals surface area contributed by atoms with Gasteiger partial charge in [-0.1, -0.05) is 30.7 Å². The van der Waals surface area contributed by atoms with Gasteiger partial charge in [0.1, 0.15) is 11.6 Å². The Balaban J connectivity index is 1.74. The molecule has 3 rings (SSSR count). The van der Waals surface area contributed by atoms with E-state index in [1.165, 1.54) is 0 Å². The molecule has 1 fully saturated rings. The number of nitrogens with one attached hydrogen (secondary N) is 1. The summed E-state index contributed by atoms with van der Waals surface area (Å²) >= 11 is 6.31. The van der Waals surface area contributed by atoms with Crippen LogP contribution in [0.1, 0.15) is 30.9 Å². The highest BCUT2D eigenvalue weighted by molar-refractivity contribution is 6.33. The standard InChI is InChI=1S/C20H25ClN4O2/c1-13-6-8-24(9-7-13)17-11-22-25(20(27)19(17)21)12-18(26)23-16-10-14(2)4-5-15(16)3/h4-5,10-11,13H,6-9,12H2,1-3H3,(H,23,26). The lowest BCUT2D eigenvalue weighted by Crippen LogP contribution is -2.36. The molecule has 1 aliphatic heterocycles. The van der Waals surface area contributed by atoms with Crippen LogP contribution in [0.25, 0.3) is 0 Å². The molecule has 1 aromatic carbocycles. The summed E-state index contributed by atoms with van der Waals surface area (Å²) in [6.45, 7) is 7.65. The van der Waals surface area contributed by atoms with Gasteiger partial charge in [-0.05, 0) is 49.8 Å². The second-order valence-corrected chi connectivity index (χ2v) is 7.72. The molecule has 1 aliphatic rings. The van der Waals surface area contributed by atoms with Crippen molar-refractivity contribution in [2.24, 2.45) is 5.92 Å². The molecule has 0 aliphatic carbocycles. The Hall–Kier alpha value is -2.34. The summed E-state index contributed by atoms with van der Waals surface area (Å²) in [7, 11) is 0. The van der Waals surface area contributed by atoms with Gasteiger partial charge in [0.25, 0.3) is 5.56 Å². The van der Waals surface area contributed by atoms with Crippen LogP contribution in [-0.4, -0.2) is 28.8 Å². The van der Waals surface area contributed by atoms with E-state index in [0.717, 1.165) is 47.4 Å². The Morgan fingerprint density at radius 3 is 2.70 bits per heavy atom. The molecule has 27 heavy (non-hydrogen) atoms. The fourth-order valence-electron chi connectivity index (χ4n) is 3.24. The monoisotopic (exact) mass is 388 g/mol. The van der Waals surface area contributed by atoms with E-state index in [9.17, 15) is 9.59 Å². The van der Waals surface area contributed by atoms with Crippen LogP contribution in [-0.2, 0) is 11.3 Å². The average Bonchev–Trinajstić information content (AvgIpc) is 2.63. The molecule has 0 saturated carbocycles. The molecule has 1 aromatic heterocycles. The summed E-state index contributed by atoms with van der Waals surface area (Å²) in [5.41, 5.74) is 2.96. The molecule has 2 heterocycles. The van der Waals surface area contributed by atoms with Crippen molar-refractivity contribution < 1.29 is 4.79 Å². The molecule has 0 unspecified atom stereocenters. The van der Waals surface area contributed by atoms with E-state index in [4.69, 9.17) is 11.6 Å². The lowest BCUT2D eigenvalue weighted by atomic mass is 9.99. The second-order valence-electron chi connectivity index (χ2n) is 7.34. The molecule has 0 spiro atoms. The first-order valence-electron chi connectivity index (χ1n) is 9.23. The topological polar surface area (TPSA) is 67.2 Å². The van der Waals surface area contributed by atoms with E-state index in [0.29, 0.717) is 11.6 Å². The lowest BCUT2D eigenvalue weighted by molar-refractivity contribution is -0.117. The van der Waals surface area contributed by atoms with Crippen LogP contribution in [0, 0.1) is 19.8 Å². The first-order chi connectivity index (χ1) is 12.8. The summed E-state index contributed by atoms with van der Waals surface area (Å²) in [4.78, 5) is 27.0. The van der Waals surface area contributed by atoms with E-state index >= 15 is 0 Å². The zero-order valence-electron chi connectivity index (χ0n) is 16.0. The third-order valence-corrected chi connectivity index (χ3v) is 5.41.